The van der Waals surface area contributed by atoms with Crippen LogP contribution in [0.2, 0.25) is 0 Å². The molecule has 3 heteroatoms. The molecule has 0 amide bonds. The van der Waals surface area contributed by atoms with E-state index >= 15 is 0 Å². The molecular weight excluding hydrogens is 262 g/mol. The minimum Gasteiger partial charge on any atom is -0.426 e. The van der Waals surface area contributed by atoms with Gasteiger partial charge in [0.25, 0.3) is 0 Å². The molecule has 0 aliphatic heterocycles. The molecule has 1 aromatic rings. The van der Waals surface area contributed by atoms with Gasteiger partial charge in [-0.2, -0.15) is 5.26 Å². The largest absolute Gasteiger partial charge is 0.426 e. The van der Waals surface area contributed by atoms with Crippen LogP contribution in [0.1, 0.15) is 63.9 Å². The van der Waals surface area contributed by atoms with Crippen molar-refractivity contribution in [3.05, 3.63) is 29.8 Å². The number of carbonyl (C=O) groups is 1. The van der Waals surface area contributed by atoms with Gasteiger partial charge in [0.15, 0.2) is 0 Å². The van der Waals surface area contributed by atoms with Gasteiger partial charge in [0.2, 0.25) is 0 Å². The lowest BCUT2D eigenvalue weighted by Crippen LogP contribution is -2.36. The Morgan fingerprint density at radius 2 is 1.90 bits per heavy atom. The molecule has 1 saturated carbocycles. The maximum absolute atomic E-state index is 12.7. The van der Waals surface area contributed by atoms with Gasteiger partial charge in [-0.15, -0.1) is 0 Å². The van der Waals surface area contributed by atoms with Crippen molar-refractivity contribution in [1.82, 2.24) is 0 Å². The van der Waals surface area contributed by atoms with Crippen LogP contribution >= 0.6 is 0 Å². The van der Waals surface area contributed by atoms with Gasteiger partial charge in [-0.05, 0) is 43.5 Å². The third kappa shape index (κ3) is 3.85. The fourth-order valence-electron chi connectivity index (χ4n) is 3.11. The average Bonchev–Trinajstić information content (AvgIpc) is 2.54. The van der Waals surface area contributed by atoms with Gasteiger partial charge in [-0.1, -0.05) is 39.0 Å². The number of hydrogen-bond donors (Lipinski definition) is 0. The fraction of sp³-hybridized carbons (Fsp3) is 0.556. The molecule has 1 aliphatic rings. The predicted octanol–water partition coefficient (Wildman–Crippen LogP) is 4.60. The highest BCUT2D eigenvalue weighted by molar-refractivity contribution is 5.79. The van der Waals surface area contributed by atoms with Crippen LogP contribution in [-0.2, 0) is 4.79 Å². The zero-order valence-corrected chi connectivity index (χ0v) is 12.7. The molecule has 0 saturated heterocycles. The number of unbranched alkanes of at least 4 members (excludes halogenated alkanes) is 1. The Hall–Kier alpha value is -1.82. The van der Waals surface area contributed by atoms with E-state index in [1.165, 1.54) is 6.42 Å². The van der Waals surface area contributed by atoms with Gasteiger partial charge in [0, 0.05) is 0 Å². The van der Waals surface area contributed by atoms with Crippen molar-refractivity contribution in [3.8, 4) is 11.8 Å². The molecule has 0 unspecified atom stereocenters. The van der Waals surface area contributed by atoms with Gasteiger partial charge in [-0.25, -0.2) is 0 Å². The Balaban J connectivity index is 2.08. The number of hydrogen-bond acceptors (Lipinski definition) is 3. The molecule has 21 heavy (non-hydrogen) atoms. The molecule has 0 spiro atoms. The van der Waals surface area contributed by atoms with Crippen molar-refractivity contribution in [2.75, 3.05) is 0 Å². The van der Waals surface area contributed by atoms with Crippen molar-refractivity contribution in [2.45, 2.75) is 58.3 Å². The zero-order valence-electron chi connectivity index (χ0n) is 12.7. The summed E-state index contributed by atoms with van der Waals surface area (Å²) in [4.78, 5) is 12.7. The Kier molecular flexibility index (Phi) is 5.38. The monoisotopic (exact) mass is 285 g/mol. The molecule has 112 valence electrons. The van der Waals surface area contributed by atoms with Gasteiger partial charge in [0.1, 0.15) is 5.75 Å². The van der Waals surface area contributed by atoms with E-state index in [0.717, 1.165) is 44.9 Å². The lowest BCUT2D eigenvalue weighted by Gasteiger charge is -2.34. The highest BCUT2D eigenvalue weighted by atomic mass is 16.5. The number of esters is 1. The molecule has 1 aliphatic carbocycles. The lowest BCUT2D eigenvalue weighted by atomic mass is 9.71. The van der Waals surface area contributed by atoms with Crippen LogP contribution in [-0.4, -0.2) is 5.97 Å². The molecule has 3 nitrogen and oxygen atoms in total. The second kappa shape index (κ2) is 7.26. The highest BCUT2D eigenvalue weighted by Gasteiger charge is 2.40. The summed E-state index contributed by atoms with van der Waals surface area (Å²) < 4.78 is 5.61. The second-order valence-corrected chi connectivity index (χ2v) is 5.97. The minimum absolute atomic E-state index is 0.0830. The maximum Gasteiger partial charge on any atom is 0.317 e. The Morgan fingerprint density at radius 1 is 1.24 bits per heavy atom. The smallest absolute Gasteiger partial charge is 0.317 e. The van der Waals surface area contributed by atoms with Crippen LogP contribution in [0.5, 0.6) is 5.75 Å². The molecule has 1 aromatic carbocycles. The number of rotatable bonds is 5. The van der Waals surface area contributed by atoms with Crippen LogP contribution in [0.4, 0.5) is 0 Å². The highest BCUT2D eigenvalue weighted by Crippen LogP contribution is 2.41. The fourth-order valence-corrected chi connectivity index (χ4v) is 3.11. The van der Waals surface area contributed by atoms with E-state index in [1.807, 2.05) is 0 Å². The summed E-state index contributed by atoms with van der Waals surface area (Å²) in [6.07, 6.45) is 8.45. The molecule has 0 bridgehead atoms. The van der Waals surface area contributed by atoms with Crippen LogP contribution in [0.3, 0.4) is 0 Å². The number of carbonyl (C=O) groups excluding carboxylic acids is 1. The summed E-state index contributed by atoms with van der Waals surface area (Å²) in [7, 11) is 0. The first-order valence-electron chi connectivity index (χ1n) is 7.93. The molecule has 1 fully saturated rings. The van der Waals surface area contributed by atoms with Crippen LogP contribution in [0.15, 0.2) is 24.3 Å². The van der Waals surface area contributed by atoms with Gasteiger partial charge in [-0.3, -0.25) is 4.79 Å². The first-order chi connectivity index (χ1) is 10.2. The number of nitriles is 1. The SMILES string of the molecule is CCCCC1(C(=O)Oc2ccc(C#N)cc2)CCCCC1. The summed E-state index contributed by atoms with van der Waals surface area (Å²) >= 11 is 0. The van der Waals surface area contributed by atoms with Gasteiger partial charge >= 0.3 is 5.97 Å². The Morgan fingerprint density at radius 3 is 2.48 bits per heavy atom. The van der Waals surface area contributed by atoms with Crippen molar-refractivity contribution >= 4 is 5.97 Å². The van der Waals surface area contributed by atoms with Crippen LogP contribution in [0.25, 0.3) is 0 Å². The van der Waals surface area contributed by atoms with E-state index in [1.54, 1.807) is 24.3 Å². The van der Waals surface area contributed by atoms with Crippen molar-refractivity contribution in [1.29, 1.82) is 5.26 Å². The second-order valence-electron chi connectivity index (χ2n) is 5.97. The average molecular weight is 285 g/mol. The molecule has 2 rings (SSSR count). The Labute approximate surface area is 126 Å². The maximum atomic E-state index is 12.7. The van der Waals surface area contributed by atoms with E-state index in [4.69, 9.17) is 10.00 Å². The van der Waals surface area contributed by atoms with Gasteiger partial charge < -0.3 is 4.74 Å². The molecule has 0 radical (unpaired) electrons. The third-order valence-corrected chi connectivity index (χ3v) is 4.45. The topological polar surface area (TPSA) is 50.1 Å². The molecule has 0 aromatic heterocycles. The number of benzene rings is 1. The first kappa shape index (κ1) is 15.6. The van der Waals surface area contributed by atoms with E-state index in [2.05, 4.69) is 13.0 Å². The first-order valence-corrected chi connectivity index (χ1v) is 7.93. The molecule has 0 N–H and O–H groups in total. The predicted molar refractivity (Wildman–Crippen MR) is 81.8 cm³/mol. The molecular formula is C18H23NO2. The quantitative estimate of drug-likeness (QED) is 0.586. The third-order valence-electron chi connectivity index (χ3n) is 4.45. The van der Waals surface area contributed by atoms with Gasteiger partial charge in [0.05, 0.1) is 17.0 Å². The van der Waals surface area contributed by atoms with E-state index < -0.39 is 0 Å². The molecule has 0 atom stereocenters. The molecule has 0 heterocycles. The van der Waals surface area contributed by atoms with Crippen molar-refractivity contribution < 1.29 is 9.53 Å². The summed E-state index contributed by atoms with van der Waals surface area (Å²) in [6, 6.07) is 8.83. The van der Waals surface area contributed by atoms with E-state index in [9.17, 15) is 4.79 Å². The normalized spacial score (nSPS) is 17.0. The number of nitrogens with zero attached hydrogens (tertiary/aromatic N) is 1. The summed E-state index contributed by atoms with van der Waals surface area (Å²) in [5.74, 6) is 0.459. The summed E-state index contributed by atoms with van der Waals surface area (Å²) in [5, 5.41) is 8.79. The lowest BCUT2D eigenvalue weighted by molar-refractivity contribution is -0.148. The Bertz CT molecular complexity index is 507. The summed E-state index contributed by atoms with van der Waals surface area (Å²) in [6.45, 7) is 2.16. The van der Waals surface area contributed by atoms with Crippen LogP contribution in [0, 0.1) is 16.7 Å². The zero-order chi connectivity index (χ0) is 15.1. The van der Waals surface area contributed by atoms with Crippen LogP contribution < -0.4 is 4.74 Å². The van der Waals surface area contributed by atoms with E-state index in [-0.39, 0.29) is 11.4 Å². The standard InChI is InChI=1S/C18H23NO2/c1-2-3-11-18(12-5-4-6-13-18)17(20)21-16-9-7-15(14-19)8-10-16/h7-10H,2-6,11-13H2,1H3. The van der Waals surface area contributed by atoms with E-state index in [0.29, 0.717) is 11.3 Å². The van der Waals surface area contributed by atoms with Crippen molar-refractivity contribution in [2.24, 2.45) is 5.41 Å². The summed E-state index contributed by atoms with van der Waals surface area (Å²) in [5.41, 5.74) is 0.287. The van der Waals surface area contributed by atoms with Crippen molar-refractivity contribution in [3.63, 3.8) is 0 Å². The number of ether oxygens (including phenoxy) is 1. The minimum atomic E-state index is -0.290.